The van der Waals surface area contributed by atoms with E-state index >= 15 is 0 Å². The molecular formula is C28H35N3O2S. The summed E-state index contributed by atoms with van der Waals surface area (Å²) < 4.78 is 6.19. The van der Waals surface area contributed by atoms with Crippen molar-refractivity contribution in [1.29, 1.82) is 0 Å². The predicted octanol–water partition coefficient (Wildman–Crippen LogP) is 5.48. The van der Waals surface area contributed by atoms with Gasteiger partial charge in [-0.05, 0) is 73.7 Å². The number of hydrogen-bond donors (Lipinski definition) is 1. The normalized spacial score (nSPS) is 15.1. The lowest BCUT2D eigenvalue weighted by atomic mass is 9.99. The van der Waals surface area contributed by atoms with Crippen LogP contribution in [0.15, 0.2) is 54.0 Å². The first-order valence-corrected chi connectivity index (χ1v) is 13.3. The van der Waals surface area contributed by atoms with Gasteiger partial charge in [0.2, 0.25) is 0 Å². The Balaban J connectivity index is 1.51. The number of thiazole rings is 1. The standard InChI is InChI=1S/C28H35N3O2S/c1-2-14-31-15-4-3-5-16-33-26-10-9-24(28(32)30-12-11-27-29-13-17-34-27)20-25(26)19-22-7-6-8-23(18-22)21-31/h6-10,13,17-18,20H,2-5,11-12,14-16,19,21H2,1H3,(H,30,32). The highest BCUT2D eigenvalue weighted by Gasteiger charge is 2.13. The van der Waals surface area contributed by atoms with Gasteiger partial charge in [-0.1, -0.05) is 31.2 Å². The number of rotatable bonds is 6. The highest BCUT2D eigenvalue weighted by molar-refractivity contribution is 7.09. The van der Waals surface area contributed by atoms with Crippen LogP contribution in [-0.2, 0) is 19.4 Å². The molecule has 4 rings (SSSR count). The summed E-state index contributed by atoms with van der Waals surface area (Å²) in [6, 6.07) is 14.7. The zero-order valence-corrected chi connectivity index (χ0v) is 20.9. The van der Waals surface area contributed by atoms with Gasteiger partial charge in [0, 0.05) is 43.1 Å². The van der Waals surface area contributed by atoms with Gasteiger partial charge in [0.15, 0.2) is 0 Å². The molecule has 1 amide bonds. The molecule has 0 spiro atoms. The lowest BCUT2D eigenvalue weighted by Crippen LogP contribution is -2.26. The summed E-state index contributed by atoms with van der Waals surface area (Å²) in [4.78, 5) is 19.7. The van der Waals surface area contributed by atoms with Gasteiger partial charge in [-0.3, -0.25) is 9.69 Å². The topological polar surface area (TPSA) is 54.5 Å². The van der Waals surface area contributed by atoms with Gasteiger partial charge < -0.3 is 10.1 Å². The van der Waals surface area contributed by atoms with Crippen molar-refractivity contribution in [3.8, 4) is 5.75 Å². The van der Waals surface area contributed by atoms with Gasteiger partial charge >= 0.3 is 0 Å². The van der Waals surface area contributed by atoms with Crippen LogP contribution >= 0.6 is 11.3 Å². The Labute approximate surface area is 207 Å². The second kappa shape index (κ2) is 12.7. The summed E-state index contributed by atoms with van der Waals surface area (Å²) in [5.41, 5.74) is 4.33. The Morgan fingerprint density at radius 1 is 1.15 bits per heavy atom. The second-order valence-electron chi connectivity index (χ2n) is 8.94. The number of carbonyl (C=O) groups excluding carboxylic acids is 1. The highest BCUT2D eigenvalue weighted by Crippen LogP contribution is 2.25. The number of aromatic nitrogens is 1. The Kier molecular flexibility index (Phi) is 9.11. The molecule has 0 aliphatic carbocycles. The van der Waals surface area contributed by atoms with Crippen LogP contribution in [-0.4, -0.2) is 42.0 Å². The van der Waals surface area contributed by atoms with Crippen molar-refractivity contribution in [3.63, 3.8) is 0 Å². The molecule has 0 saturated heterocycles. The molecule has 0 saturated carbocycles. The van der Waals surface area contributed by atoms with Gasteiger partial charge in [-0.25, -0.2) is 4.98 Å². The molecule has 180 valence electrons. The van der Waals surface area contributed by atoms with Crippen molar-refractivity contribution >= 4 is 17.2 Å². The van der Waals surface area contributed by atoms with Crippen molar-refractivity contribution in [2.24, 2.45) is 0 Å². The number of nitrogens with one attached hydrogen (secondary N) is 1. The van der Waals surface area contributed by atoms with E-state index in [0.717, 1.165) is 61.6 Å². The smallest absolute Gasteiger partial charge is 0.251 e. The van der Waals surface area contributed by atoms with E-state index in [1.807, 2.05) is 23.6 Å². The number of amides is 1. The van der Waals surface area contributed by atoms with Crippen LogP contribution in [0.25, 0.3) is 0 Å². The van der Waals surface area contributed by atoms with Crippen molar-refractivity contribution in [1.82, 2.24) is 15.2 Å². The lowest BCUT2D eigenvalue weighted by Gasteiger charge is -2.22. The summed E-state index contributed by atoms with van der Waals surface area (Å²) in [6.07, 6.45) is 7.86. The highest BCUT2D eigenvalue weighted by atomic mass is 32.1. The van der Waals surface area contributed by atoms with Crippen LogP contribution in [0.5, 0.6) is 5.75 Å². The molecular weight excluding hydrogens is 442 g/mol. The van der Waals surface area contributed by atoms with E-state index < -0.39 is 0 Å². The molecule has 1 aliphatic heterocycles. The zero-order valence-electron chi connectivity index (χ0n) is 20.1. The molecule has 6 heteroatoms. The van der Waals surface area contributed by atoms with E-state index in [2.05, 4.69) is 46.4 Å². The van der Waals surface area contributed by atoms with Gasteiger partial charge in [0.1, 0.15) is 5.75 Å². The Bertz CT molecular complexity index is 1050. The Hall–Kier alpha value is -2.70. The van der Waals surface area contributed by atoms with Gasteiger partial charge in [-0.2, -0.15) is 0 Å². The Morgan fingerprint density at radius 3 is 2.91 bits per heavy atom. The van der Waals surface area contributed by atoms with Crippen molar-refractivity contribution < 1.29 is 9.53 Å². The first-order valence-electron chi connectivity index (χ1n) is 12.4. The number of nitrogens with zero attached hydrogens (tertiary/aromatic N) is 2. The van der Waals surface area contributed by atoms with E-state index in [9.17, 15) is 4.79 Å². The SMILES string of the molecule is CCCN1CCCCCOc2ccc(C(=O)NCCc3nccs3)cc2Cc2cccc(c2)C1. The number of ether oxygens (including phenoxy) is 1. The molecule has 1 N–H and O–H groups in total. The van der Waals surface area contributed by atoms with Gasteiger partial charge in [0.05, 0.1) is 11.6 Å². The third-order valence-electron chi connectivity index (χ3n) is 6.14. The molecule has 3 aromatic rings. The molecule has 2 aromatic carbocycles. The number of fused-ring (bicyclic) bond motifs is 3. The molecule has 1 aromatic heterocycles. The third-order valence-corrected chi connectivity index (χ3v) is 6.98. The molecule has 0 unspecified atom stereocenters. The summed E-state index contributed by atoms with van der Waals surface area (Å²) in [7, 11) is 0. The first kappa shape index (κ1) is 24.4. The minimum absolute atomic E-state index is 0.0530. The van der Waals surface area contributed by atoms with E-state index in [0.29, 0.717) is 18.7 Å². The average Bonchev–Trinajstić information content (AvgIpc) is 3.35. The minimum Gasteiger partial charge on any atom is -0.493 e. The van der Waals surface area contributed by atoms with E-state index in [4.69, 9.17) is 4.74 Å². The van der Waals surface area contributed by atoms with Crippen molar-refractivity contribution in [2.45, 2.75) is 52.0 Å². The summed E-state index contributed by atoms with van der Waals surface area (Å²) in [5, 5.41) is 6.03. The minimum atomic E-state index is -0.0530. The molecule has 5 nitrogen and oxygen atoms in total. The maximum atomic E-state index is 12.8. The fourth-order valence-electron chi connectivity index (χ4n) is 4.46. The maximum absolute atomic E-state index is 12.8. The number of carbonyl (C=O) groups is 1. The van der Waals surface area contributed by atoms with E-state index in [-0.39, 0.29) is 5.91 Å². The zero-order chi connectivity index (χ0) is 23.6. The summed E-state index contributed by atoms with van der Waals surface area (Å²) >= 11 is 1.61. The van der Waals surface area contributed by atoms with Crippen LogP contribution in [0.1, 0.15) is 64.7 Å². The fraction of sp³-hybridized carbons (Fsp3) is 0.429. The molecule has 34 heavy (non-hydrogen) atoms. The largest absolute Gasteiger partial charge is 0.493 e. The predicted molar refractivity (Wildman–Crippen MR) is 139 cm³/mol. The number of benzene rings is 2. The lowest BCUT2D eigenvalue weighted by molar-refractivity contribution is 0.0954. The Morgan fingerprint density at radius 2 is 2.06 bits per heavy atom. The molecule has 1 aliphatic rings. The second-order valence-corrected chi connectivity index (χ2v) is 9.92. The van der Waals surface area contributed by atoms with Crippen LogP contribution in [0, 0.1) is 0 Å². The third kappa shape index (κ3) is 7.15. The molecule has 0 radical (unpaired) electrons. The van der Waals surface area contributed by atoms with Crippen LogP contribution in [0.4, 0.5) is 0 Å². The van der Waals surface area contributed by atoms with Crippen LogP contribution in [0.2, 0.25) is 0 Å². The quantitative estimate of drug-likeness (QED) is 0.511. The molecule has 2 bridgehead atoms. The van der Waals surface area contributed by atoms with Crippen molar-refractivity contribution in [2.75, 3.05) is 26.2 Å². The number of hydrogen-bond acceptors (Lipinski definition) is 5. The van der Waals surface area contributed by atoms with E-state index in [1.165, 1.54) is 24.0 Å². The van der Waals surface area contributed by atoms with E-state index in [1.54, 1.807) is 17.5 Å². The van der Waals surface area contributed by atoms with Crippen molar-refractivity contribution in [3.05, 3.63) is 81.3 Å². The summed E-state index contributed by atoms with van der Waals surface area (Å²) in [6.45, 7) is 6.79. The molecule has 0 atom stereocenters. The molecule has 2 heterocycles. The fourth-order valence-corrected chi connectivity index (χ4v) is 5.08. The monoisotopic (exact) mass is 477 g/mol. The summed E-state index contributed by atoms with van der Waals surface area (Å²) in [5.74, 6) is 0.831. The first-order chi connectivity index (χ1) is 16.7. The molecule has 0 fully saturated rings. The average molecular weight is 478 g/mol. The van der Waals surface area contributed by atoms with Gasteiger partial charge in [0.25, 0.3) is 5.91 Å². The van der Waals surface area contributed by atoms with Crippen LogP contribution in [0.3, 0.4) is 0 Å². The maximum Gasteiger partial charge on any atom is 0.251 e. The van der Waals surface area contributed by atoms with Crippen LogP contribution < -0.4 is 10.1 Å². The van der Waals surface area contributed by atoms with Gasteiger partial charge in [-0.15, -0.1) is 11.3 Å².